The molecule has 1 aliphatic rings. The molecule has 14 heavy (non-hydrogen) atoms. The normalized spacial score (nSPS) is 20.6. The largest absolute Gasteiger partial charge is 0.344 e. The molecule has 2 rings (SSSR count). The standard InChI is InChI=1S/C8H9N3O2S/c12-6-2-1-5(10-6)7(13)11-8-9-3-4-14-8/h3-5H,1-2H2,(H,10,12)(H,9,11,13)/t5-/m0/s1. The van der Waals surface area contributed by atoms with E-state index < -0.39 is 6.04 Å². The van der Waals surface area contributed by atoms with Gasteiger partial charge in [-0.25, -0.2) is 4.98 Å². The predicted molar refractivity (Wildman–Crippen MR) is 51.9 cm³/mol. The molecule has 74 valence electrons. The van der Waals surface area contributed by atoms with Crippen LogP contribution in [0.25, 0.3) is 0 Å². The minimum atomic E-state index is -0.397. The lowest BCUT2D eigenvalue weighted by Crippen LogP contribution is -2.37. The summed E-state index contributed by atoms with van der Waals surface area (Å²) < 4.78 is 0. The molecule has 1 aromatic rings. The van der Waals surface area contributed by atoms with Crippen molar-refractivity contribution in [2.75, 3.05) is 5.32 Å². The lowest BCUT2D eigenvalue weighted by Gasteiger charge is -2.07. The van der Waals surface area contributed by atoms with Crippen LogP contribution in [0.15, 0.2) is 11.6 Å². The number of rotatable bonds is 2. The first-order valence-electron chi connectivity index (χ1n) is 4.25. The number of anilines is 1. The Labute approximate surface area is 84.5 Å². The second-order valence-corrected chi connectivity index (χ2v) is 3.88. The van der Waals surface area contributed by atoms with Crippen LogP contribution >= 0.6 is 11.3 Å². The van der Waals surface area contributed by atoms with Gasteiger partial charge < -0.3 is 10.6 Å². The van der Waals surface area contributed by atoms with Crippen molar-refractivity contribution in [1.82, 2.24) is 10.3 Å². The summed E-state index contributed by atoms with van der Waals surface area (Å²) in [5, 5.41) is 7.58. The topological polar surface area (TPSA) is 71.1 Å². The SMILES string of the molecule is O=C1CC[C@@H](C(=O)Nc2nccs2)N1. The molecule has 1 atom stereocenters. The summed E-state index contributed by atoms with van der Waals surface area (Å²) >= 11 is 1.36. The summed E-state index contributed by atoms with van der Waals surface area (Å²) in [6, 6.07) is -0.397. The Morgan fingerprint density at radius 2 is 2.57 bits per heavy atom. The van der Waals surface area contributed by atoms with E-state index in [1.807, 2.05) is 0 Å². The second-order valence-electron chi connectivity index (χ2n) is 2.99. The minimum absolute atomic E-state index is 0.0655. The van der Waals surface area contributed by atoms with Gasteiger partial charge in [0.2, 0.25) is 11.8 Å². The molecule has 1 fully saturated rings. The maximum atomic E-state index is 11.5. The molecule has 0 aliphatic carbocycles. The molecule has 1 saturated heterocycles. The number of nitrogens with one attached hydrogen (secondary N) is 2. The number of carbonyl (C=O) groups excluding carboxylic acids is 2. The highest BCUT2D eigenvalue weighted by atomic mass is 32.1. The molecule has 0 spiro atoms. The van der Waals surface area contributed by atoms with Crippen LogP contribution in [-0.4, -0.2) is 22.8 Å². The van der Waals surface area contributed by atoms with Gasteiger partial charge in [0.1, 0.15) is 6.04 Å². The second kappa shape index (κ2) is 3.75. The van der Waals surface area contributed by atoms with Gasteiger partial charge in [-0.05, 0) is 6.42 Å². The lowest BCUT2D eigenvalue weighted by atomic mass is 10.2. The molecule has 1 aromatic heterocycles. The van der Waals surface area contributed by atoms with E-state index in [9.17, 15) is 9.59 Å². The zero-order valence-corrected chi connectivity index (χ0v) is 8.13. The zero-order valence-electron chi connectivity index (χ0n) is 7.32. The summed E-state index contributed by atoms with van der Waals surface area (Å²) in [6.07, 6.45) is 2.61. The molecule has 0 saturated carbocycles. The fraction of sp³-hybridized carbons (Fsp3) is 0.375. The van der Waals surface area contributed by atoms with Crippen molar-refractivity contribution in [1.29, 1.82) is 0 Å². The van der Waals surface area contributed by atoms with Crippen LogP contribution in [0.1, 0.15) is 12.8 Å². The van der Waals surface area contributed by atoms with Crippen molar-refractivity contribution in [3.8, 4) is 0 Å². The van der Waals surface area contributed by atoms with E-state index in [-0.39, 0.29) is 11.8 Å². The molecular weight excluding hydrogens is 202 g/mol. The average Bonchev–Trinajstić information content (AvgIpc) is 2.75. The van der Waals surface area contributed by atoms with Crippen molar-refractivity contribution in [3.05, 3.63) is 11.6 Å². The highest BCUT2D eigenvalue weighted by Gasteiger charge is 2.27. The van der Waals surface area contributed by atoms with Gasteiger partial charge in [0.25, 0.3) is 0 Å². The van der Waals surface area contributed by atoms with Crippen LogP contribution in [0, 0.1) is 0 Å². The predicted octanol–water partition coefficient (Wildman–Crippen LogP) is 0.360. The van der Waals surface area contributed by atoms with E-state index in [2.05, 4.69) is 15.6 Å². The maximum Gasteiger partial charge on any atom is 0.248 e. The number of thiazole rings is 1. The molecule has 0 unspecified atom stereocenters. The van der Waals surface area contributed by atoms with Gasteiger partial charge in [-0.15, -0.1) is 11.3 Å². The molecule has 0 aromatic carbocycles. The fourth-order valence-corrected chi connectivity index (χ4v) is 1.82. The van der Waals surface area contributed by atoms with Crippen LogP contribution in [0.4, 0.5) is 5.13 Å². The third-order valence-electron chi connectivity index (χ3n) is 1.97. The third kappa shape index (κ3) is 1.90. The third-order valence-corrected chi connectivity index (χ3v) is 2.66. The first kappa shape index (κ1) is 9.14. The molecule has 2 heterocycles. The number of aromatic nitrogens is 1. The molecular formula is C8H9N3O2S. The van der Waals surface area contributed by atoms with Gasteiger partial charge in [0.15, 0.2) is 5.13 Å². The van der Waals surface area contributed by atoms with E-state index in [1.54, 1.807) is 11.6 Å². The molecule has 0 radical (unpaired) electrons. The van der Waals surface area contributed by atoms with Gasteiger partial charge in [-0.1, -0.05) is 0 Å². The van der Waals surface area contributed by atoms with Crippen molar-refractivity contribution >= 4 is 28.3 Å². The van der Waals surface area contributed by atoms with Crippen LogP contribution < -0.4 is 10.6 Å². The van der Waals surface area contributed by atoms with E-state index in [1.165, 1.54) is 11.3 Å². The summed E-state index contributed by atoms with van der Waals surface area (Å²) in [5.41, 5.74) is 0. The monoisotopic (exact) mass is 211 g/mol. The number of amides is 2. The van der Waals surface area contributed by atoms with Gasteiger partial charge >= 0.3 is 0 Å². The van der Waals surface area contributed by atoms with Crippen LogP contribution in [0.2, 0.25) is 0 Å². The quantitative estimate of drug-likeness (QED) is 0.742. The first-order valence-corrected chi connectivity index (χ1v) is 5.13. The number of nitrogens with zero attached hydrogens (tertiary/aromatic N) is 1. The van der Waals surface area contributed by atoms with Crippen molar-refractivity contribution in [2.45, 2.75) is 18.9 Å². The smallest absolute Gasteiger partial charge is 0.248 e. The van der Waals surface area contributed by atoms with Gasteiger partial charge in [-0.2, -0.15) is 0 Å². The van der Waals surface area contributed by atoms with Crippen molar-refractivity contribution in [2.24, 2.45) is 0 Å². The Kier molecular flexibility index (Phi) is 2.45. The van der Waals surface area contributed by atoms with Gasteiger partial charge in [-0.3, -0.25) is 9.59 Å². The van der Waals surface area contributed by atoms with Crippen LogP contribution in [-0.2, 0) is 9.59 Å². The summed E-state index contributed by atoms with van der Waals surface area (Å²) in [7, 11) is 0. The maximum absolute atomic E-state index is 11.5. The van der Waals surface area contributed by atoms with Gasteiger partial charge in [0, 0.05) is 18.0 Å². The zero-order chi connectivity index (χ0) is 9.97. The Morgan fingerprint density at radius 1 is 1.71 bits per heavy atom. The van der Waals surface area contributed by atoms with Gasteiger partial charge in [0.05, 0.1) is 0 Å². The van der Waals surface area contributed by atoms with Crippen LogP contribution in [0.3, 0.4) is 0 Å². The molecule has 2 amide bonds. The number of hydrogen-bond donors (Lipinski definition) is 2. The summed E-state index contributed by atoms with van der Waals surface area (Å²) in [4.78, 5) is 26.3. The van der Waals surface area contributed by atoms with Crippen molar-refractivity contribution in [3.63, 3.8) is 0 Å². The Bertz CT molecular complexity index is 349. The van der Waals surface area contributed by atoms with E-state index in [0.29, 0.717) is 18.0 Å². The average molecular weight is 211 g/mol. The van der Waals surface area contributed by atoms with E-state index >= 15 is 0 Å². The molecule has 2 N–H and O–H groups in total. The van der Waals surface area contributed by atoms with Crippen molar-refractivity contribution < 1.29 is 9.59 Å². The summed E-state index contributed by atoms with van der Waals surface area (Å²) in [5.74, 6) is -0.255. The van der Waals surface area contributed by atoms with E-state index in [4.69, 9.17) is 0 Å². The summed E-state index contributed by atoms with van der Waals surface area (Å²) in [6.45, 7) is 0. The fourth-order valence-electron chi connectivity index (χ4n) is 1.29. The molecule has 1 aliphatic heterocycles. The highest BCUT2D eigenvalue weighted by molar-refractivity contribution is 7.13. The molecule has 0 bridgehead atoms. The Morgan fingerprint density at radius 3 is 3.14 bits per heavy atom. The Balaban J connectivity index is 1.93. The first-order chi connectivity index (χ1) is 6.75. The lowest BCUT2D eigenvalue weighted by molar-refractivity contribution is -0.122. The minimum Gasteiger partial charge on any atom is -0.344 e. The number of hydrogen-bond acceptors (Lipinski definition) is 4. The highest BCUT2D eigenvalue weighted by Crippen LogP contribution is 2.13. The number of carbonyl (C=O) groups is 2. The van der Waals surface area contributed by atoms with E-state index in [0.717, 1.165) is 0 Å². The van der Waals surface area contributed by atoms with Crippen LogP contribution in [0.5, 0.6) is 0 Å². The molecule has 6 heteroatoms. The molecule has 5 nitrogen and oxygen atoms in total. The Hall–Kier alpha value is -1.43.